The van der Waals surface area contributed by atoms with Gasteiger partial charge < -0.3 is 5.32 Å². The third kappa shape index (κ3) is 3.38. The Bertz CT molecular complexity index is 738. The van der Waals surface area contributed by atoms with Crippen LogP contribution in [0, 0.1) is 0 Å². The summed E-state index contributed by atoms with van der Waals surface area (Å²) < 4.78 is 1.86. The molecular formula is C17H16N4O. The van der Waals surface area contributed by atoms with Crippen LogP contribution < -0.4 is 5.32 Å². The first-order valence-electron chi connectivity index (χ1n) is 7.05. The number of pyridine rings is 1. The average molecular weight is 292 g/mol. The summed E-state index contributed by atoms with van der Waals surface area (Å²) in [5, 5.41) is 7.14. The SMILES string of the molecule is O=C(NCc1ccccc1Cn1cccn1)c1cccnc1. The molecule has 0 atom stereocenters. The van der Waals surface area contributed by atoms with Gasteiger partial charge in [0.2, 0.25) is 0 Å². The van der Waals surface area contributed by atoms with E-state index in [0.29, 0.717) is 18.7 Å². The van der Waals surface area contributed by atoms with E-state index in [4.69, 9.17) is 0 Å². The van der Waals surface area contributed by atoms with Crippen molar-refractivity contribution in [3.05, 3.63) is 83.9 Å². The summed E-state index contributed by atoms with van der Waals surface area (Å²) in [6.45, 7) is 1.16. The highest BCUT2D eigenvalue weighted by molar-refractivity contribution is 5.93. The highest BCUT2D eigenvalue weighted by atomic mass is 16.1. The summed E-state index contributed by atoms with van der Waals surface area (Å²) in [5.41, 5.74) is 2.78. The molecule has 0 radical (unpaired) electrons. The van der Waals surface area contributed by atoms with Crippen LogP contribution >= 0.6 is 0 Å². The van der Waals surface area contributed by atoms with E-state index in [1.165, 1.54) is 0 Å². The summed E-state index contributed by atoms with van der Waals surface area (Å²) >= 11 is 0. The molecule has 3 rings (SSSR count). The molecule has 0 spiro atoms. The summed E-state index contributed by atoms with van der Waals surface area (Å²) in [6, 6.07) is 13.4. The smallest absolute Gasteiger partial charge is 0.253 e. The number of benzene rings is 1. The minimum Gasteiger partial charge on any atom is -0.348 e. The van der Waals surface area contributed by atoms with E-state index in [1.807, 2.05) is 41.2 Å². The molecule has 0 aliphatic rings. The Balaban J connectivity index is 1.69. The number of amides is 1. The van der Waals surface area contributed by atoms with Crippen molar-refractivity contribution < 1.29 is 4.79 Å². The first-order chi connectivity index (χ1) is 10.8. The van der Waals surface area contributed by atoms with Crippen LogP contribution in [-0.4, -0.2) is 20.7 Å². The van der Waals surface area contributed by atoms with Crippen LogP contribution in [0.5, 0.6) is 0 Å². The van der Waals surface area contributed by atoms with Gasteiger partial charge in [-0.25, -0.2) is 0 Å². The van der Waals surface area contributed by atoms with Gasteiger partial charge in [-0.2, -0.15) is 5.10 Å². The van der Waals surface area contributed by atoms with Gasteiger partial charge in [0.15, 0.2) is 0 Å². The van der Waals surface area contributed by atoms with Crippen molar-refractivity contribution in [3.63, 3.8) is 0 Å². The van der Waals surface area contributed by atoms with Gasteiger partial charge in [-0.3, -0.25) is 14.5 Å². The zero-order valence-electron chi connectivity index (χ0n) is 12.0. The Hall–Kier alpha value is -2.95. The van der Waals surface area contributed by atoms with Gasteiger partial charge in [-0.15, -0.1) is 0 Å². The fraction of sp³-hybridized carbons (Fsp3) is 0.118. The van der Waals surface area contributed by atoms with Gasteiger partial charge >= 0.3 is 0 Å². The molecule has 0 aliphatic carbocycles. The van der Waals surface area contributed by atoms with Crippen molar-refractivity contribution >= 4 is 5.91 Å². The van der Waals surface area contributed by atoms with Gasteiger partial charge in [-0.1, -0.05) is 24.3 Å². The first-order valence-corrected chi connectivity index (χ1v) is 7.05. The molecule has 5 heteroatoms. The lowest BCUT2D eigenvalue weighted by Gasteiger charge is -2.11. The zero-order valence-corrected chi connectivity index (χ0v) is 12.0. The Morgan fingerprint density at radius 3 is 2.64 bits per heavy atom. The number of aromatic nitrogens is 3. The van der Waals surface area contributed by atoms with E-state index in [9.17, 15) is 4.79 Å². The van der Waals surface area contributed by atoms with Crippen LogP contribution in [0.25, 0.3) is 0 Å². The summed E-state index contributed by atoms with van der Waals surface area (Å²) in [5.74, 6) is -0.123. The quantitative estimate of drug-likeness (QED) is 0.784. The van der Waals surface area contributed by atoms with Crippen LogP contribution in [-0.2, 0) is 13.1 Å². The third-order valence-corrected chi connectivity index (χ3v) is 3.37. The molecule has 0 saturated carbocycles. The van der Waals surface area contributed by atoms with Crippen molar-refractivity contribution in [2.45, 2.75) is 13.1 Å². The predicted molar refractivity (Wildman–Crippen MR) is 83.2 cm³/mol. The molecule has 2 heterocycles. The van der Waals surface area contributed by atoms with Gasteiger partial charge in [0.1, 0.15) is 0 Å². The van der Waals surface area contributed by atoms with Crippen molar-refractivity contribution in [1.82, 2.24) is 20.1 Å². The first kappa shape index (κ1) is 14.0. The minimum atomic E-state index is -0.123. The molecule has 5 nitrogen and oxygen atoms in total. The third-order valence-electron chi connectivity index (χ3n) is 3.37. The maximum absolute atomic E-state index is 12.1. The van der Waals surface area contributed by atoms with Crippen molar-refractivity contribution in [1.29, 1.82) is 0 Å². The lowest BCUT2D eigenvalue weighted by molar-refractivity contribution is 0.0950. The highest BCUT2D eigenvalue weighted by Crippen LogP contribution is 2.10. The van der Waals surface area contributed by atoms with Crippen LogP contribution in [0.3, 0.4) is 0 Å². The van der Waals surface area contributed by atoms with E-state index in [-0.39, 0.29) is 5.91 Å². The summed E-state index contributed by atoms with van der Waals surface area (Å²) in [6.07, 6.45) is 6.89. The molecule has 1 N–H and O–H groups in total. The Kier molecular flexibility index (Phi) is 4.25. The molecule has 2 aromatic heterocycles. The van der Waals surface area contributed by atoms with E-state index < -0.39 is 0 Å². The minimum absolute atomic E-state index is 0.123. The summed E-state index contributed by atoms with van der Waals surface area (Å²) in [7, 11) is 0. The molecule has 0 saturated heterocycles. The van der Waals surface area contributed by atoms with Crippen molar-refractivity contribution in [3.8, 4) is 0 Å². The normalized spacial score (nSPS) is 10.4. The monoisotopic (exact) mass is 292 g/mol. The van der Waals surface area contributed by atoms with Crippen LogP contribution in [0.4, 0.5) is 0 Å². The van der Waals surface area contributed by atoms with E-state index in [0.717, 1.165) is 11.1 Å². The Morgan fingerprint density at radius 2 is 1.91 bits per heavy atom. The Morgan fingerprint density at radius 1 is 1.05 bits per heavy atom. The number of rotatable bonds is 5. The van der Waals surface area contributed by atoms with Crippen molar-refractivity contribution in [2.24, 2.45) is 0 Å². The maximum Gasteiger partial charge on any atom is 0.253 e. The molecule has 0 fully saturated rings. The van der Waals surface area contributed by atoms with Crippen molar-refractivity contribution in [2.75, 3.05) is 0 Å². The molecule has 110 valence electrons. The fourth-order valence-corrected chi connectivity index (χ4v) is 2.23. The predicted octanol–water partition coefficient (Wildman–Crippen LogP) is 2.26. The van der Waals surface area contributed by atoms with Gasteiger partial charge in [0.05, 0.1) is 12.1 Å². The van der Waals surface area contributed by atoms with Crippen LogP contribution in [0.1, 0.15) is 21.5 Å². The van der Waals surface area contributed by atoms with E-state index in [2.05, 4.69) is 15.4 Å². The molecule has 0 aliphatic heterocycles. The number of hydrogen-bond acceptors (Lipinski definition) is 3. The second-order valence-electron chi connectivity index (χ2n) is 4.90. The molecule has 3 aromatic rings. The largest absolute Gasteiger partial charge is 0.348 e. The average Bonchev–Trinajstić information content (AvgIpc) is 3.07. The number of carbonyl (C=O) groups is 1. The van der Waals surface area contributed by atoms with Gasteiger partial charge in [0, 0.05) is 31.3 Å². The second kappa shape index (κ2) is 6.67. The lowest BCUT2D eigenvalue weighted by Crippen LogP contribution is -2.23. The molecule has 0 unspecified atom stereocenters. The van der Waals surface area contributed by atoms with Gasteiger partial charge in [-0.05, 0) is 29.3 Å². The van der Waals surface area contributed by atoms with Crippen LogP contribution in [0.15, 0.2) is 67.3 Å². The molecule has 1 aromatic carbocycles. The maximum atomic E-state index is 12.1. The lowest BCUT2D eigenvalue weighted by atomic mass is 10.1. The topological polar surface area (TPSA) is 59.8 Å². The Labute approximate surface area is 128 Å². The molecule has 22 heavy (non-hydrogen) atoms. The molecule has 0 bridgehead atoms. The standard InChI is InChI=1S/C17H16N4O/c22-17(15-7-3-8-18-11-15)19-12-14-5-1-2-6-16(14)13-21-10-4-9-20-21/h1-11H,12-13H2,(H,19,22). The summed E-state index contributed by atoms with van der Waals surface area (Å²) in [4.78, 5) is 16.0. The molecular weight excluding hydrogens is 276 g/mol. The number of carbonyl (C=O) groups excluding carboxylic acids is 1. The highest BCUT2D eigenvalue weighted by Gasteiger charge is 2.07. The van der Waals surface area contributed by atoms with E-state index >= 15 is 0 Å². The zero-order chi connectivity index (χ0) is 15.2. The molecule has 1 amide bonds. The van der Waals surface area contributed by atoms with Crippen LogP contribution in [0.2, 0.25) is 0 Å². The van der Waals surface area contributed by atoms with Gasteiger partial charge in [0.25, 0.3) is 5.91 Å². The van der Waals surface area contributed by atoms with E-state index in [1.54, 1.807) is 30.7 Å². The fourth-order valence-electron chi connectivity index (χ4n) is 2.23. The number of hydrogen-bond donors (Lipinski definition) is 1. The second-order valence-corrected chi connectivity index (χ2v) is 4.90. The number of nitrogens with one attached hydrogen (secondary N) is 1. The number of nitrogens with zero attached hydrogens (tertiary/aromatic N) is 3.